The number of fused-ring (bicyclic) bond motifs is 1. The number of esters is 1. The van der Waals surface area contributed by atoms with Gasteiger partial charge in [-0.1, -0.05) is 12.1 Å². The number of ether oxygens (including phenoxy) is 1. The number of hydrogen-bond donors (Lipinski definition) is 0. The standard InChI is InChI=1S/C11H10FNO4/c1-2-16-10(14)9(12)13-7-5-3-4-6-8(7)17-11(13)15/h3-6,9H,2H2,1H3. The highest BCUT2D eigenvalue weighted by molar-refractivity contribution is 5.78. The van der Waals surface area contributed by atoms with Crippen LogP contribution in [0, 0.1) is 0 Å². The van der Waals surface area contributed by atoms with E-state index >= 15 is 0 Å². The lowest BCUT2D eigenvalue weighted by Gasteiger charge is -2.07. The minimum absolute atomic E-state index is 0.0454. The molecule has 2 aromatic rings. The van der Waals surface area contributed by atoms with Gasteiger partial charge < -0.3 is 9.15 Å². The number of halogens is 1. The molecule has 90 valence electrons. The lowest BCUT2D eigenvalue weighted by molar-refractivity contribution is -0.152. The molecule has 0 spiro atoms. The molecule has 0 aliphatic heterocycles. The van der Waals surface area contributed by atoms with Gasteiger partial charge in [-0.3, -0.25) is 0 Å². The molecule has 0 fully saturated rings. The summed E-state index contributed by atoms with van der Waals surface area (Å²) in [5, 5.41) is 0. The van der Waals surface area contributed by atoms with E-state index in [1.165, 1.54) is 12.1 Å². The van der Waals surface area contributed by atoms with Crippen LogP contribution in [-0.4, -0.2) is 17.1 Å². The maximum atomic E-state index is 13.8. The summed E-state index contributed by atoms with van der Waals surface area (Å²) in [5.41, 5.74) is 0.447. The smallest absolute Gasteiger partial charge is 0.422 e. The van der Waals surface area contributed by atoms with Crippen LogP contribution in [0.4, 0.5) is 4.39 Å². The molecule has 1 aromatic heterocycles. The largest absolute Gasteiger partial charge is 0.462 e. The Balaban J connectivity index is 2.51. The number of nitrogens with zero attached hydrogens (tertiary/aromatic N) is 1. The van der Waals surface area contributed by atoms with Crippen LogP contribution in [0.15, 0.2) is 33.5 Å². The van der Waals surface area contributed by atoms with Gasteiger partial charge in [0.05, 0.1) is 12.1 Å². The second-order valence-corrected chi connectivity index (χ2v) is 3.29. The van der Waals surface area contributed by atoms with Gasteiger partial charge in [0.15, 0.2) is 5.58 Å². The maximum absolute atomic E-state index is 13.8. The fraction of sp³-hybridized carbons (Fsp3) is 0.273. The van der Waals surface area contributed by atoms with E-state index in [1.54, 1.807) is 19.1 Å². The molecule has 0 bridgehead atoms. The Hall–Kier alpha value is -2.11. The van der Waals surface area contributed by atoms with Crippen LogP contribution < -0.4 is 5.76 Å². The Kier molecular flexibility index (Phi) is 2.95. The highest BCUT2D eigenvalue weighted by Gasteiger charge is 2.25. The highest BCUT2D eigenvalue weighted by atomic mass is 19.1. The molecular weight excluding hydrogens is 229 g/mol. The first-order valence-electron chi connectivity index (χ1n) is 5.06. The zero-order valence-corrected chi connectivity index (χ0v) is 9.05. The molecule has 0 N–H and O–H groups in total. The van der Waals surface area contributed by atoms with Crippen LogP contribution >= 0.6 is 0 Å². The third-order valence-corrected chi connectivity index (χ3v) is 2.23. The van der Waals surface area contributed by atoms with Crippen molar-refractivity contribution in [2.75, 3.05) is 6.61 Å². The molecular formula is C11H10FNO4. The van der Waals surface area contributed by atoms with Crippen molar-refractivity contribution < 1.29 is 18.3 Å². The van der Waals surface area contributed by atoms with E-state index in [0.29, 0.717) is 4.57 Å². The van der Waals surface area contributed by atoms with Gasteiger partial charge in [0.2, 0.25) is 0 Å². The summed E-state index contributed by atoms with van der Waals surface area (Å²) in [6.45, 7) is 1.60. The molecule has 0 aliphatic rings. The summed E-state index contributed by atoms with van der Waals surface area (Å²) in [6.07, 6.45) is -2.19. The molecule has 1 unspecified atom stereocenters. The number of aromatic nitrogens is 1. The van der Waals surface area contributed by atoms with E-state index < -0.39 is 18.0 Å². The summed E-state index contributed by atoms with van der Waals surface area (Å²) >= 11 is 0. The monoisotopic (exact) mass is 239 g/mol. The average molecular weight is 239 g/mol. The molecule has 6 heteroatoms. The number of rotatable bonds is 3. The average Bonchev–Trinajstić information content (AvgIpc) is 2.64. The summed E-state index contributed by atoms with van der Waals surface area (Å²) < 4.78 is 23.7. The molecule has 1 aromatic carbocycles. The number of carbonyl (C=O) groups is 1. The van der Waals surface area contributed by atoms with E-state index in [9.17, 15) is 14.0 Å². The molecule has 1 heterocycles. The van der Waals surface area contributed by atoms with Crippen LogP contribution in [-0.2, 0) is 9.53 Å². The number of oxazole rings is 1. The van der Waals surface area contributed by atoms with Gasteiger partial charge in [-0.25, -0.2) is 18.5 Å². The van der Waals surface area contributed by atoms with E-state index in [-0.39, 0.29) is 17.7 Å². The van der Waals surface area contributed by atoms with Crippen LogP contribution in [0.5, 0.6) is 0 Å². The number of para-hydroxylation sites is 2. The van der Waals surface area contributed by atoms with Gasteiger partial charge in [-0.05, 0) is 19.1 Å². The minimum atomic E-state index is -2.19. The van der Waals surface area contributed by atoms with Crippen molar-refractivity contribution in [2.24, 2.45) is 0 Å². The summed E-state index contributed by atoms with van der Waals surface area (Å²) in [5.74, 6) is -2.03. The molecule has 1 atom stereocenters. The Morgan fingerprint density at radius 3 is 2.94 bits per heavy atom. The van der Waals surface area contributed by atoms with Crippen molar-refractivity contribution in [3.8, 4) is 0 Å². The van der Waals surface area contributed by atoms with Gasteiger partial charge in [-0.15, -0.1) is 0 Å². The third-order valence-electron chi connectivity index (χ3n) is 2.23. The van der Waals surface area contributed by atoms with Crippen molar-refractivity contribution in [3.05, 3.63) is 34.8 Å². The van der Waals surface area contributed by atoms with Crippen molar-refractivity contribution in [1.29, 1.82) is 0 Å². The first-order valence-corrected chi connectivity index (χ1v) is 5.06. The van der Waals surface area contributed by atoms with Crippen molar-refractivity contribution >= 4 is 17.1 Å². The quantitative estimate of drug-likeness (QED) is 0.763. The molecule has 0 saturated heterocycles. The van der Waals surface area contributed by atoms with E-state index in [4.69, 9.17) is 4.42 Å². The molecule has 17 heavy (non-hydrogen) atoms. The lowest BCUT2D eigenvalue weighted by Crippen LogP contribution is -2.25. The van der Waals surface area contributed by atoms with Gasteiger partial charge >= 0.3 is 11.7 Å². The van der Waals surface area contributed by atoms with E-state index in [1.807, 2.05) is 0 Å². The molecule has 0 radical (unpaired) electrons. The summed E-state index contributed by atoms with van der Waals surface area (Å²) in [4.78, 5) is 22.7. The number of benzene rings is 1. The predicted octanol–water partition coefficient (Wildman–Crippen LogP) is 1.63. The van der Waals surface area contributed by atoms with Gasteiger partial charge in [0.1, 0.15) is 0 Å². The van der Waals surface area contributed by atoms with Crippen LogP contribution in [0.2, 0.25) is 0 Å². The fourth-order valence-corrected chi connectivity index (χ4v) is 1.52. The van der Waals surface area contributed by atoms with Gasteiger partial charge in [0, 0.05) is 0 Å². The first-order chi connectivity index (χ1) is 8.15. The van der Waals surface area contributed by atoms with Crippen LogP contribution in [0.25, 0.3) is 11.1 Å². The Morgan fingerprint density at radius 1 is 1.53 bits per heavy atom. The zero-order valence-electron chi connectivity index (χ0n) is 9.05. The van der Waals surface area contributed by atoms with Gasteiger partial charge in [-0.2, -0.15) is 0 Å². The fourth-order valence-electron chi connectivity index (χ4n) is 1.52. The van der Waals surface area contributed by atoms with Crippen molar-refractivity contribution in [1.82, 2.24) is 4.57 Å². The topological polar surface area (TPSA) is 61.4 Å². The lowest BCUT2D eigenvalue weighted by atomic mass is 10.3. The summed E-state index contributed by atoms with van der Waals surface area (Å²) in [7, 11) is 0. The second-order valence-electron chi connectivity index (χ2n) is 3.29. The van der Waals surface area contributed by atoms with Crippen molar-refractivity contribution in [2.45, 2.75) is 13.2 Å². The number of carbonyl (C=O) groups excluding carboxylic acids is 1. The Labute approximate surface area is 95.4 Å². The maximum Gasteiger partial charge on any atom is 0.422 e. The van der Waals surface area contributed by atoms with Gasteiger partial charge in [0.25, 0.3) is 6.30 Å². The molecule has 5 nitrogen and oxygen atoms in total. The minimum Gasteiger partial charge on any atom is -0.462 e. The number of hydrogen-bond acceptors (Lipinski definition) is 4. The number of alkyl halides is 1. The highest BCUT2D eigenvalue weighted by Crippen LogP contribution is 2.18. The first kappa shape index (κ1) is 11.4. The van der Waals surface area contributed by atoms with Crippen LogP contribution in [0.1, 0.15) is 13.2 Å². The Bertz CT molecular complexity index is 601. The van der Waals surface area contributed by atoms with E-state index in [0.717, 1.165) is 0 Å². The van der Waals surface area contributed by atoms with E-state index in [2.05, 4.69) is 4.74 Å². The third kappa shape index (κ3) is 1.93. The summed E-state index contributed by atoms with van der Waals surface area (Å²) in [6, 6.07) is 6.27. The molecule has 0 amide bonds. The van der Waals surface area contributed by atoms with Crippen molar-refractivity contribution in [3.63, 3.8) is 0 Å². The molecule has 2 rings (SSSR count). The Morgan fingerprint density at radius 2 is 2.24 bits per heavy atom. The molecule has 0 saturated carbocycles. The zero-order chi connectivity index (χ0) is 12.4. The second kappa shape index (κ2) is 4.40. The predicted molar refractivity (Wildman–Crippen MR) is 57.3 cm³/mol. The normalized spacial score (nSPS) is 12.6. The van der Waals surface area contributed by atoms with Crippen LogP contribution in [0.3, 0.4) is 0 Å². The molecule has 0 aliphatic carbocycles. The SMILES string of the molecule is CCOC(=O)C(F)n1c(=O)oc2ccccc21.